The number of carbonyl (C=O) groups excluding carboxylic acids is 1. The van der Waals surface area contributed by atoms with E-state index in [2.05, 4.69) is 15.1 Å². The molecule has 0 bridgehead atoms. The Hall–Kier alpha value is -3.32. The lowest BCUT2D eigenvalue weighted by molar-refractivity contribution is 0.0745. The highest BCUT2D eigenvalue weighted by molar-refractivity contribution is 6.33. The van der Waals surface area contributed by atoms with Crippen LogP contribution in [0.2, 0.25) is 5.02 Å². The van der Waals surface area contributed by atoms with E-state index in [1.807, 2.05) is 41.3 Å². The van der Waals surface area contributed by atoms with Gasteiger partial charge in [0.05, 0.1) is 24.9 Å². The van der Waals surface area contributed by atoms with Crippen molar-refractivity contribution in [3.05, 3.63) is 65.2 Å². The van der Waals surface area contributed by atoms with Crippen molar-refractivity contribution < 1.29 is 14.3 Å². The van der Waals surface area contributed by atoms with Crippen molar-refractivity contribution in [2.24, 2.45) is 0 Å². The maximum Gasteiger partial charge on any atom is 0.254 e. The summed E-state index contributed by atoms with van der Waals surface area (Å²) >= 11 is 6.25. The first kappa shape index (κ1) is 20.9. The highest BCUT2D eigenvalue weighted by Gasteiger charge is 2.24. The third-order valence-electron chi connectivity index (χ3n) is 5.29. The van der Waals surface area contributed by atoms with E-state index in [0.717, 1.165) is 17.1 Å². The molecule has 2 aromatic carbocycles. The first-order chi connectivity index (χ1) is 15.1. The average Bonchev–Trinajstić information content (AvgIpc) is 2.83. The summed E-state index contributed by atoms with van der Waals surface area (Å²) in [4.78, 5) is 16.9. The highest BCUT2D eigenvalue weighted by Crippen LogP contribution is 2.27. The zero-order valence-corrected chi connectivity index (χ0v) is 18.2. The Kier molecular flexibility index (Phi) is 6.23. The first-order valence-electron chi connectivity index (χ1n) is 9.95. The molecule has 1 fully saturated rings. The smallest absolute Gasteiger partial charge is 0.254 e. The van der Waals surface area contributed by atoms with Crippen molar-refractivity contribution in [1.29, 1.82) is 0 Å². The third kappa shape index (κ3) is 4.56. The summed E-state index contributed by atoms with van der Waals surface area (Å²) < 4.78 is 10.6. The van der Waals surface area contributed by atoms with Crippen molar-refractivity contribution in [2.75, 3.05) is 45.3 Å². The fourth-order valence-corrected chi connectivity index (χ4v) is 3.79. The maximum atomic E-state index is 13.0. The minimum Gasteiger partial charge on any atom is -0.497 e. The quantitative estimate of drug-likeness (QED) is 0.604. The van der Waals surface area contributed by atoms with Crippen LogP contribution in [-0.4, -0.2) is 61.4 Å². The molecule has 8 heteroatoms. The van der Waals surface area contributed by atoms with Crippen LogP contribution in [0.4, 0.5) is 5.82 Å². The van der Waals surface area contributed by atoms with Crippen LogP contribution in [-0.2, 0) is 0 Å². The molecule has 0 radical (unpaired) electrons. The summed E-state index contributed by atoms with van der Waals surface area (Å²) in [6.45, 7) is 2.53. The summed E-state index contributed by atoms with van der Waals surface area (Å²) in [6.07, 6.45) is 0. The van der Waals surface area contributed by atoms with E-state index in [-0.39, 0.29) is 5.91 Å². The van der Waals surface area contributed by atoms with Crippen molar-refractivity contribution in [2.45, 2.75) is 0 Å². The van der Waals surface area contributed by atoms with Gasteiger partial charge in [-0.05, 0) is 30.3 Å². The van der Waals surface area contributed by atoms with Crippen LogP contribution in [0.3, 0.4) is 0 Å². The Labute approximate surface area is 186 Å². The van der Waals surface area contributed by atoms with Gasteiger partial charge in [-0.1, -0.05) is 29.8 Å². The Morgan fingerprint density at radius 1 is 0.903 bits per heavy atom. The molecule has 0 spiro atoms. The molecule has 1 aromatic heterocycles. The minimum atomic E-state index is -0.0444. The summed E-state index contributed by atoms with van der Waals surface area (Å²) in [5.41, 5.74) is 2.14. The molecule has 3 aromatic rings. The normalized spacial score (nSPS) is 13.8. The second-order valence-electron chi connectivity index (χ2n) is 7.14. The van der Waals surface area contributed by atoms with Crippen LogP contribution in [0.25, 0.3) is 11.3 Å². The van der Waals surface area contributed by atoms with Gasteiger partial charge in [0.15, 0.2) is 5.82 Å². The molecule has 7 nitrogen and oxygen atoms in total. The van der Waals surface area contributed by atoms with Gasteiger partial charge in [0.2, 0.25) is 0 Å². The molecule has 4 rings (SSSR count). The summed E-state index contributed by atoms with van der Waals surface area (Å²) in [5, 5.41) is 9.36. The molecule has 31 heavy (non-hydrogen) atoms. The number of anilines is 1. The predicted octanol–water partition coefficient (Wildman–Crippen LogP) is 3.78. The lowest BCUT2D eigenvalue weighted by atomic mass is 10.1. The Morgan fingerprint density at radius 3 is 2.16 bits per heavy atom. The van der Waals surface area contributed by atoms with Crippen molar-refractivity contribution in [3.63, 3.8) is 0 Å². The molecule has 0 aliphatic carbocycles. The number of rotatable bonds is 5. The fraction of sp³-hybridized carbons (Fsp3) is 0.261. The van der Waals surface area contributed by atoms with Gasteiger partial charge < -0.3 is 19.3 Å². The molecule has 0 unspecified atom stereocenters. The van der Waals surface area contributed by atoms with Crippen LogP contribution in [0.1, 0.15) is 10.4 Å². The summed E-state index contributed by atoms with van der Waals surface area (Å²) in [7, 11) is 3.14. The largest absolute Gasteiger partial charge is 0.497 e. The van der Waals surface area contributed by atoms with E-state index in [1.54, 1.807) is 32.4 Å². The van der Waals surface area contributed by atoms with Gasteiger partial charge in [-0.2, -0.15) is 0 Å². The summed E-state index contributed by atoms with van der Waals surface area (Å²) in [6, 6.07) is 16.6. The van der Waals surface area contributed by atoms with Gasteiger partial charge in [-0.3, -0.25) is 4.79 Å². The maximum absolute atomic E-state index is 13.0. The molecule has 1 amide bonds. The fourth-order valence-electron chi connectivity index (χ4n) is 3.56. The van der Waals surface area contributed by atoms with Crippen LogP contribution < -0.4 is 14.4 Å². The number of benzene rings is 2. The number of nitrogens with zero attached hydrogens (tertiary/aromatic N) is 4. The van der Waals surface area contributed by atoms with Gasteiger partial charge in [-0.15, -0.1) is 10.2 Å². The van der Waals surface area contributed by atoms with E-state index in [0.29, 0.717) is 48.3 Å². The Morgan fingerprint density at radius 2 is 1.58 bits per heavy atom. The molecule has 0 atom stereocenters. The molecular formula is C23H23ClN4O3. The lowest BCUT2D eigenvalue weighted by Crippen LogP contribution is -2.49. The molecule has 2 heterocycles. The van der Waals surface area contributed by atoms with Crippen LogP contribution in [0.15, 0.2) is 54.6 Å². The SMILES string of the molecule is COc1cc(OC)cc(C(=O)N2CCN(c3ccc(-c4ccccc4Cl)nn3)CC2)c1. The number of carbonyl (C=O) groups is 1. The van der Waals surface area contributed by atoms with E-state index >= 15 is 0 Å². The number of ether oxygens (including phenoxy) is 2. The summed E-state index contributed by atoms with van der Waals surface area (Å²) in [5.74, 6) is 1.92. The van der Waals surface area contributed by atoms with Gasteiger partial charge in [0.1, 0.15) is 11.5 Å². The number of halogens is 1. The number of amides is 1. The topological polar surface area (TPSA) is 67.8 Å². The number of hydrogen-bond donors (Lipinski definition) is 0. The van der Waals surface area contributed by atoms with E-state index in [1.165, 1.54) is 0 Å². The molecule has 0 N–H and O–H groups in total. The molecule has 1 aliphatic rings. The molecule has 1 saturated heterocycles. The lowest BCUT2D eigenvalue weighted by Gasteiger charge is -2.35. The Balaban J connectivity index is 1.42. The van der Waals surface area contributed by atoms with Crippen LogP contribution in [0.5, 0.6) is 11.5 Å². The molecule has 1 aliphatic heterocycles. The van der Waals surface area contributed by atoms with Crippen molar-refractivity contribution in [3.8, 4) is 22.8 Å². The second kappa shape index (κ2) is 9.22. The molecule has 160 valence electrons. The number of aromatic nitrogens is 2. The number of piperazine rings is 1. The number of methoxy groups -OCH3 is 2. The minimum absolute atomic E-state index is 0.0444. The van der Waals surface area contributed by atoms with Crippen LogP contribution >= 0.6 is 11.6 Å². The Bertz CT molecular complexity index is 1040. The van der Waals surface area contributed by atoms with Gasteiger partial charge in [-0.25, -0.2) is 0 Å². The zero-order valence-electron chi connectivity index (χ0n) is 17.4. The first-order valence-corrected chi connectivity index (χ1v) is 10.3. The number of hydrogen-bond acceptors (Lipinski definition) is 6. The zero-order chi connectivity index (χ0) is 21.8. The predicted molar refractivity (Wildman–Crippen MR) is 120 cm³/mol. The monoisotopic (exact) mass is 438 g/mol. The van der Waals surface area contributed by atoms with Gasteiger partial charge >= 0.3 is 0 Å². The second-order valence-corrected chi connectivity index (χ2v) is 7.54. The standard InChI is InChI=1S/C23H23ClN4O3/c1-30-17-13-16(14-18(15-17)31-2)23(29)28-11-9-27(10-12-28)22-8-7-21(25-26-22)19-5-3-4-6-20(19)24/h3-8,13-15H,9-12H2,1-2H3. The third-order valence-corrected chi connectivity index (χ3v) is 5.62. The van der Waals surface area contributed by atoms with Gasteiger partial charge in [0.25, 0.3) is 5.91 Å². The van der Waals surface area contributed by atoms with Crippen molar-refractivity contribution >= 4 is 23.3 Å². The van der Waals surface area contributed by atoms with Gasteiger partial charge in [0, 0.05) is 43.4 Å². The highest BCUT2D eigenvalue weighted by atomic mass is 35.5. The molecule has 0 saturated carbocycles. The van der Waals surface area contributed by atoms with E-state index in [9.17, 15) is 4.79 Å². The van der Waals surface area contributed by atoms with E-state index < -0.39 is 0 Å². The van der Waals surface area contributed by atoms with Crippen molar-refractivity contribution in [1.82, 2.24) is 15.1 Å². The molecular weight excluding hydrogens is 416 g/mol. The van der Waals surface area contributed by atoms with Crippen LogP contribution in [0, 0.1) is 0 Å². The van der Waals surface area contributed by atoms with E-state index in [4.69, 9.17) is 21.1 Å². The average molecular weight is 439 g/mol.